The second kappa shape index (κ2) is 5.62. The Morgan fingerprint density at radius 1 is 1.36 bits per heavy atom. The fourth-order valence-electron chi connectivity index (χ4n) is 3.48. The molecule has 7 heteroatoms. The summed E-state index contributed by atoms with van der Waals surface area (Å²) in [6.07, 6.45) is 3.38. The van der Waals surface area contributed by atoms with Gasteiger partial charge in [0.15, 0.2) is 0 Å². The SMILES string of the molecule is COC(=O)C[C@H]1c2cc(F)ccc2S(=O)(=O)N1C1CCCC1. The topological polar surface area (TPSA) is 63.7 Å². The third kappa shape index (κ3) is 2.42. The van der Waals surface area contributed by atoms with E-state index in [9.17, 15) is 17.6 Å². The van der Waals surface area contributed by atoms with Crippen LogP contribution in [0.2, 0.25) is 0 Å². The molecule has 1 heterocycles. The van der Waals surface area contributed by atoms with Crippen LogP contribution >= 0.6 is 0 Å². The van der Waals surface area contributed by atoms with E-state index in [0.717, 1.165) is 31.7 Å². The zero-order chi connectivity index (χ0) is 15.9. The van der Waals surface area contributed by atoms with E-state index in [-0.39, 0.29) is 17.4 Å². The van der Waals surface area contributed by atoms with Crippen molar-refractivity contribution in [3.63, 3.8) is 0 Å². The highest BCUT2D eigenvalue weighted by Crippen LogP contribution is 2.45. The highest BCUT2D eigenvalue weighted by molar-refractivity contribution is 7.89. The highest BCUT2D eigenvalue weighted by atomic mass is 32.2. The smallest absolute Gasteiger partial charge is 0.307 e. The van der Waals surface area contributed by atoms with Crippen LogP contribution < -0.4 is 0 Å². The minimum atomic E-state index is -3.69. The van der Waals surface area contributed by atoms with E-state index in [1.807, 2.05) is 0 Å². The lowest BCUT2D eigenvalue weighted by Gasteiger charge is -2.28. The average molecular weight is 327 g/mol. The molecule has 0 unspecified atom stereocenters. The molecule has 1 aromatic carbocycles. The van der Waals surface area contributed by atoms with Crippen LogP contribution in [0.15, 0.2) is 23.1 Å². The molecule has 0 amide bonds. The maximum absolute atomic E-state index is 13.6. The van der Waals surface area contributed by atoms with Gasteiger partial charge < -0.3 is 4.74 Å². The van der Waals surface area contributed by atoms with Crippen molar-refractivity contribution < 1.29 is 22.3 Å². The second-order valence-corrected chi connectivity index (χ2v) is 7.56. The summed E-state index contributed by atoms with van der Waals surface area (Å²) >= 11 is 0. The largest absolute Gasteiger partial charge is 0.469 e. The van der Waals surface area contributed by atoms with Crippen LogP contribution in [-0.4, -0.2) is 31.8 Å². The molecular formula is C15H18FNO4S. The van der Waals surface area contributed by atoms with Gasteiger partial charge in [0.05, 0.1) is 24.5 Å². The first-order valence-corrected chi connectivity index (χ1v) is 8.79. The Balaban J connectivity index is 2.09. The molecule has 0 saturated heterocycles. The summed E-state index contributed by atoms with van der Waals surface area (Å²) in [7, 11) is -2.43. The van der Waals surface area contributed by atoms with Gasteiger partial charge in [0, 0.05) is 6.04 Å². The minimum Gasteiger partial charge on any atom is -0.469 e. The molecule has 1 aliphatic carbocycles. The Labute approximate surface area is 129 Å². The number of ether oxygens (including phenoxy) is 1. The molecule has 0 spiro atoms. The third-order valence-corrected chi connectivity index (χ3v) is 6.50. The van der Waals surface area contributed by atoms with E-state index >= 15 is 0 Å². The summed E-state index contributed by atoms with van der Waals surface area (Å²) in [6.45, 7) is 0. The first kappa shape index (κ1) is 15.4. The fourth-order valence-corrected chi connectivity index (χ4v) is 5.57. The molecule has 22 heavy (non-hydrogen) atoms. The van der Waals surface area contributed by atoms with Crippen molar-refractivity contribution in [2.75, 3.05) is 7.11 Å². The number of benzene rings is 1. The van der Waals surface area contributed by atoms with Gasteiger partial charge in [0.25, 0.3) is 0 Å². The lowest BCUT2D eigenvalue weighted by Crippen LogP contribution is -2.37. The van der Waals surface area contributed by atoms with Gasteiger partial charge in [-0.3, -0.25) is 4.79 Å². The minimum absolute atomic E-state index is 0.0946. The van der Waals surface area contributed by atoms with Gasteiger partial charge in [-0.25, -0.2) is 12.8 Å². The Kier molecular flexibility index (Phi) is 3.94. The predicted molar refractivity (Wildman–Crippen MR) is 77.1 cm³/mol. The van der Waals surface area contributed by atoms with Crippen molar-refractivity contribution in [1.29, 1.82) is 0 Å². The lowest BCUT2D eigenvalue weighted by atomic mass is 10.0. The van der Waals surface area contributed by atoms with Crippen molar-refractivity contribution in [1.82, 2.24) is 4.31 Å². The van der Waals surface area contributed by atoms with E-state index in [0.29, 0.717) is 5.56 Å². The summed E-state index contributed by atoms with van der Waals surface area (Å²) in [6, 6.07) is 2.85. The molecule has 3 rings (SSSR count). The van der Waals surface area contributed by atoms with E-state index in [1.165, 1.54) is 23.5 Å². The van der Waals surface area contributed by atoms with Crippen LogP contribution in [0.4, 0.5) is 4.39 Å². The first-order valence-electron chi connectivity index (χ1n) is 7.35. The predicted octanol–water partition coefficient (Wildman–Crippen LogP) is 2.38. The highest BCUT2D eigenvalue weighted by Gasteiger charge is 2.47. The van der Waals surface area contributed by atoms with E-state index in [4.69, 9.17) is 0 Å². The van der Waals surface area contributed by atoms with Crippen LogP contribution in [0, 0.1) is 5.82 Å². The summed E-state index contributed by atoms with van der Waals surface area (Å²) in [5, 5.41) is 0. The summed E-state index contributed by atoms with van der Waals surface area (Å²) in [5.74, 6) is -1.00. The second-order valence-electron chi connectivity index (χ2n) is 5.75. The molecule has 5 nitrogen and oxygen atoms in total. The van der Waals surface area contributed by atoms with Crippen molar-refractivity contribution in [3.05, 3.63) is 29.6 Å². The number of hydrogen-bond donors (Lipinski definition) is 0. The molecule has 1 saturated carbocycles. The van der Waals surface area contributed by atoms with Crippen LogP contribution in [0.5, 0.6) is 0 Å². The van der Waals surface area contributed by atoms with Crippen LogP contribution in [-0.2, 0) is 19.6 Å². The number of halogens is 1. The summed E-state index contributed by atoms with van der Waals surface area (Å²) < 4.78 is 45.3. The summed E-state index contributed by atoms with van der Waals surface area (Å²) in [5.41, 5.74) is 0.359. The Morgan fingerprint density at radius 3 is 2.68 bits per heavy atom. The molecule has 1 aliphatic heterocycles. The van der Waals surface area contributed by atoms with Gasteiger partial charge in [-0.15, -0.1) is 0 Å². The van der Waals surface area contributed by atoms with Crippen LogP contribution in [0.3, 0.4) is 0 Å². The number of hydrogen-bond acceptors (Lipinski definition) is 4. The number of carbonyl (C=O) groups is 1. The molecule has 0 aromatic heterocycles. The molecule has 1 fully saturated rings. The third-order valence-electron chi connectivity index (χ3n) is 4.47. The number of sulfonamides is 1. The lowest BCUT2D eigenvalue weighted by molar-refractivity contribution is -0.141. The average Bonchev–Trinajstić information content (AvgIpc) is 3.05. The van der Waals surface area contributed by atoms with Gasteiger partial charge in [0.1, 0.15) is 5.82 Å². The molecule has 1 aromatic rings. The molecule has 0 bridgehead atoms. The number of methoxy groups -OCH3 is 1. The first-order chi connectivity index (χ1) is 10.4. The molecule has 0 N–H and O–H groups in total. The standard InChI is InChI=1S/C15H18FNO4S/c1-21-15(18)9-13-12-8-10(16)6-7-14(12)22(19,20)17(13)11-4-2-3-5-11/h6-8,11,13H,2-5,9H2,1H3/t13-/m0/s1. The van der Waals surface area contributed by atoms with Gasteiger partial charge in [-0.05, 0) is 36.6 Å². The Bertz CT molecular complexity index is 697. The zero-order valence-electron chi connectivity index (χ0n) is 12.3. The number of esters is 1. The number of nitrogens with zero attached hydrogens (tertiary/aromatic N) is 1. The number of carbonyl (C=O) groups excluding carboxylic acids is 1. The van der Waals surface area contributed by atoms with Gasteiger partial charge >= 0.3 is 5.97 Å². The van der Waals surface area contributed by atoms with E-state index in [1.54, 1.807) is 0 Å². The Hall–Kier alpha value is -1.47. The number of fused-ring (bicyclic) bond motifs is 1. The molecule has 0 radical (unpaired) electrons. The molecule has 1 atom stereocenters. The quantitative estimate of drug-likeness (QED) is 0.800. The normalized spacial score (nSPS) is 24.4. The van der Waals surface area contributed by atoms with Gasteiger partial charge in [0.2, 0.25) is 10.0 Å². The maximum Gasteiger partial charge on any atom is 0.307 e. The van der Waals surface area contributed by atoms with Crippen molar-refractivity contribution >= 4 is 16.0 Å². The molecule has 2 aliphatic rings. The molecule has 120 valence electrons. The van der Waals surface area contributed by atoms with Crippen molar-refractivity contribution in [3.8, 4) is 0 Å². The van der Waals surface area contributed by atoms with Crippen molar-refractivity contribution in [2.45, 2.75) is 49.1 Å². The van der Waals surface area contributed by atoms with Crippen molar-refractivity contribution in [2.24, 2.45) is 0 Å². The fraction of sp³-hybridized carbons (Fsp3) is 0.533. The monoisotopic (exact) mass is 327 g/mol. The Morgan fingerprint density at radius 2 is 2.05 bits per heavy atom. The molecular weight excluding hydrogens is 309 g/mol. The summed E-state index contributed by atoms with van der Waals surface area (Å²) in [4.78, 5) is 11.8. The van der Waals surface area contributed by atoms with E-state index < -0.39 is 27.9 Å². The zero-order valence-corrected chi connectivity index (χ0v) is 13.1. The van der Waals surface area contributed by atoms with E-state index in [2.05, 4.69) is 4.74 Å². The van der Waals surface area contributed by atoms with Crippen LogP contribution in [0.25, 0.3) is 0 Å². The van der Waals surface area contributed by atoms with Gasteiger partial charge in [-0.1, -0.05) is 12.8 Å². The van der Waals surface area contributed by atoms with Crippen LogP contribution in [0.1, 0.15) is 43.7 Å². The number of rotatable bonds is 3. The van der Waals surface area contributed by atoms with Gasteiger partial charge in [-0.2, -0.15) is 4.31 Å². The maximum atomic E-state index is 13.6.